The Morgan fingerprint density at radius 3 is 2.65 bits per heavy atom. The van der Waals surface area contributed by atoms with Crippen molar-refractivity contribution in [1.82, 2.24) is 4.90 Å². The molecule has 0 saturated heterocycles. The Morgan fingerprint density at radius 1 is 1.47 bits per heavy atom. The Bertz CT molecular complexity index is 397. The lowest BCUT2D eigenvalue weighted by atomic mass is 10.1. The van der Waals surface area contributed by atoms with Crippen LogP contribution in [0.1, 0.15) is 24.9 Å². The van der Waals surface area contributed by atoms with Crippen molar-refractivity contribution in [3.05, 3.63) is 35.9 Å². The molecule has 1 unspecified atom stereocenters. The molecule has 2 N–H and O–H groups in total. The standard InChI is InChI=1S/C13H17N3O/c1-2-16(10-6-9-14)13(17)12(15)11-7-4-3-5-8-11/h3-5,7-8,12H,2,6,10,15H2,1H3. The van der Waals surface area contributed by atoms with Crippen LogP contribution in [-0.4, -0.2) is 23.9 Å². The van der Waals surface area contributed by atoms with Crippen LogP contribution in [0.2, 0.25) is 0 Å². The van der Waals surface area contributed by atoms with Gasteiger partial charge in [0, 0.05) is 13.1 Å². The maximum Gasteiger partial charge on any atom is 0.244 e. The van der Waals surface area contributed by atoms with E-state index in [1.165, 1.54) is 0 Å². The second kappa shape index (κ2) is 6.66. The Morgan fingerprint density at radius 2 is 2.12 bits per heavy atom. The van der Waals surface area contributed by atoms with Crippen molar-refractivity contribution in [2.75, 3.05) is 13.1 Å². The quantitative estimate of drug-likeness (QED) is 0.833. The summed E-state index contributed by atoms with van der Waals surface area (Å²) in [5, 5.41) is 8.53. The summed E-state index contributed by atoms with van der Waals surface area (Å²) >= 11 is 0. The summed E-state index contributed by atoms with van der Waals surface area (Å²) in [5.74, 6) is -0.131. The van der Waals surface area contributed by atoms with Gasteiger partial charge >= 0.3 is 0 Å². The smallest absolute Gasteiger partial charge is 0.244 e. The molecule has 1 amide bonds. The van der Waals surface area contributed by atoms with Crippen LogP contribution in [-0.2, 0) is 4.79 Å². The molecule has 0 radical (unpaired) electrons. The number of carbonyl (C=O) groups is 1. The molecule has 0 aliphatic heterocycles. The number of nitrogens with two attached hydrogens (primary N) is 1. The van der Waals surface area contributed by atoms with Crippen molar-refractivity contribution in [1.29, 1.82) is 5.26 Å². The Hall–Kier alpha value is -1.86. The van der Waals surface area contributed by atoms with Crippen molar-refractivity contribution >= 4 is 5.91 Å². The number of hydrogen-bond donors (Lipinski definition) is 1. The van der Waals surface area contributed by atoms with Gasteiger partial charge in [0.25, 0.3) is 0 Å². The minimum Gasteiger partial charge on any atom is -0.340 e. The molecule has 90 valence electrons. The Balaban J connectivity index is 2.71. The van der Waals surface area contributed by atoms with Gasteiger partial charge in [0.05, 0.1) is 12.5 Å². The monoisotopic (exact) mass is 231 g/mol. The number of hydrogen-bond acceptors (Lipinski definition) is 3. The van der Waals surface area contributed by atoms with Gasteiger partial charge in [0.2, 0.25) is 5.91 Å². The van der Waals surface area contributed by atoms with Crippen LogP contribution >= 0.6 is 0 Å². The third kappa shape index (κ3) is 3.58. The number of nitrogens with zero attached hydrogens (tertiary/aromatic N) is 2. The van der Waals surface area contributed by atoms with Crippen molar-refractivity contribution < 1.29 is 4.79 Å². The molecule has 1 aromatic rings. The number of rotatable bonds is 5. The maximum atomic E-state index is 12.1. The first-order chi connectivity index (χ1) is 8.20. The fraction of sp³-hybridized carbons (Fsp3) is 0.385. The molecule has 0 fully saturated rings. The zero-order chi connectivity index (χ0) is 12.7. The number of benzene rings is 1. The SMILES string of the molecule is CCN(CCC#N)C(=O)C(N)c1ccccc1. The summed E-state index contributed by atoms with van der Waals surface area (Å²) in [6.45, 7) is 2.89. The van der Waals surface area contributed by atoms with Crippen LogP contribution in [0.15, 0.2) is 30.3 Å². The van der Waals surface area contributed by atoms with E-state index >= 15 is 0 Å². The van der Waals surface area contributed by atoms with Crippen molar-refractivity contribution in [2.24, 2.45) is 5.73 Å². The minimum absolute atomic E-state index is 0.131. The van der Waals surface area contributed by atoms with Crippen LogP contribution in [0.5, 0.6) is 0 Å². The van der Waals surface area contributed by atoms with Crippen molar-refractivity contribution in [3.8, 4) is 6.07 Å². The van der Waals surface area contributed by atoms with Crippen LogP contribution in [0.4, 0.5) is 0 Å². The van der Waals surface area contributed by atoms with Gasteiger partial charge in [-0.2, -0.15) is 5.26 Å². The second-order valence-electron chi connectivity index (χ2n) is 3.71. The normalized spacial score (nSPS) is 11.6. The lowest BCUT2D eigenvalue weighted by Crippen LogP contribution is -2.38. The van der Waals surface area contributed by atoms with Gasteiger partial charge in [-0.1, -0.05) is 30.3 Å². The molecule has 0 spiro atoms. The van der Waals surface area contributed by atoms with E-state index in [1.54, 1.807) is 4.90 Å². The van der Waals surface area contributed by atoms with E-state index in [0.29, 0.717) is 19.5 Å². The van der Waals surface area contributed by atoms with Crippen LogP contribution in [0, 0.1) is 11.3 Å². The van der Waals surface area contributed by atoms with Crippen LogP contribution < -0.4 is 5.73 Å². The highest BCUT2D eigenvalue weighted by Crippen LogP contribution is 2.12. The predicted octanol–water partition coefficient (Wildman–Crippen LogP) is 1.45. The van der Waals surface area contributed by atoms with E-state index < -0.39 is 6.04 Å². The zero-order valence-electron chi connectivity index (χ0n) is 9.97. The molecule has 1 atom stereocenters. The summed E-state index contributed by atoms with van der Waals surface area (Å²) in [5.41, 5.74) is 6.71. The van der Waals surface area contributed by atoms with Gasteiger partial charge in [-0.25, -0.2) is 0 Å². The van der Waals surface area contributed by atoms with Gasteiger partial charge in [-0.3, -0.25) is 4.79 Å². The first-order valence-electron chi connectivity index (χ1n) is 5.67. The van der Waals surface area contributed by atoms with Gasteiger partial charge in [0.1, 0.15) is 6.04 Å². The third-order valence-electron chi connectivity index (χ3n) is 2.61. The molecule has 0 aliphatic rings. The molecule has 4 nitrogen and oxygen atoms in total. The van der Waals surface area contributed by atoms with Crippen molar-refractivity contribution in [2.45, 2.75) is 19.4 Å². The average Bonchev–Trinajstić information content (AvgIpc) is 2.39. The highest BCUT2D eigenvalue weighted by atomic mass is 16.2. The first-order valence-corrected chi connectivity index (χ1v) is 5.67. The lowest BCUT2D eigenvalue weighted by molar-refractivity contribution is -0.132. The number of amides is 1. The largest absolute Gasteiger partial charge is 0.340 e. The summed E-state index contributed by atoms with van der Waals surface area (Å²) in [7, 11) is 0. The molecular weight excluding hydrogens is 214 g/mol. The Kier molecular flexibility index (Phi) is 5.18. The number of carbonyl (C=O) groups excluding carboxylic acids is 1. The Labute approximate surface area is 102 Å². The van der Waals surface area contributed by atoms with E-state index in [1.807, 2.05) is 43.3 Å². The summed E-state index contributed by atoms with van der Waals surface area (Å²) < 4.78 is 0. The molecule has 0 aliphatic carbocycles. The maximum absolute atomic E-state index is 12.1. The van der Waals surface area contributed by atoms with Gasteiger partial charge in [0.15, 0.2) is 0 Å². The topological polar surface area (TPSA) is 70.1 Å². The molecule has 0 aromatic heterocycles. The van der Waals surface area contributed by atoms with Crippen molar-refractivity contribution in [3.63, 3.8) is 0 Å². The molecule has 0 bridgehead atoms. The van der Waals surface area contributed by atoms with Gasteiger partial charge < -0.3 is 10.6 Å². The van der Waals surface area contributed by atoms with Gasteiger partial charge in [-0.15, -0.1) is 0 Å². The zero-order valence-corrected chi connectivity index (χ0v) is 9.97. The van der Waals surface area contributed by atoms with E-state index in [4.69, 9.17) is 11.0 Å². The number of nitriles is 1. The number of likely N-dealkylation sites (N-methyl/N-ethyl adjacent to an activating group) is 1. The molecule has 1 rings (SSSR count). The second-order valence-corrected chi connectivity index (χ2v) is 3.71. The molecule has 1 aromatic carbocycles. The molecule has 0 saturated carbocycles. The molecule has 17 heavy (non-hydrogen) atoms. The van der Waals surface area contributed by atoms with E-state index in [9.17, 15) is 4.79 Å². The minimum atomic E-state index is -0.644. The highest BCUT2D eigenvalue weighted by molar-refractivity contribution is 5.83. The first kappa shape index (κ1) is 13.2. The summed E-state index contributed by atoms with van der Waals surface area (Å²) in [4.78, 5) is 13.7. The fourth-order valence-corrected chi connectivity index (χ4v) is 1.61. The highest BCUT2D eigenvalue weighted by Gasteiger charge is 2.20. The lowest BCUT2D eigenvalue weighted by Gasteiger charge is -2.23. The molecule has 0 heterocycles. The average molecular weight is 231 g/mol. The summed E-state index contributed by atoms with van der Waals surface area (Å²) in [6.07, 6.45) is 0.334. The molecule has 4 heteroatoms. The predicted molar refractivity (Wildman–Crippen MR) is 65.9 cm³/mol. The van der Waals surface area contributed by atoms with E-state index in [-0.39, 0.29) is 5.91 Å². The van der Waals surface area contributed by atoms with Crippen LogP contribution in [0.25, 0.3) is 0 Å². The van der Waals surface area contributed by atoms with E-state index in [0.717, 1.165) is 5.56 Å². The molecular formula is C13H17N3O. The van der Waals surface area contributed by atoms with E-state index in [2.05, 4.69) is 0 Å². The third-order valence-corrected chi connectivity index (χ3v) is 2.61. The van der Waals surface area contributed by atoms with Gasteiger partial charge in [-0.05, 0) is 12.5 Å². The fourth-order valence-electron chi connectivity index (χ4n) is 1.61. The summed E-state index contributed by atoms with van der Waals surface area (Å²) in [6, 6.07) is 10.6. The van der Waals surface area contributed by atoms with Crippen LogP contribution in [0.3, 0.4) is 0 Å².